The van der Waals surface area contributed by atoms with Gasteiger partial charge in [-0.15, -0.1) is 20.4 Å². The first-order chi connectivity index (χ1) is 20.3. The van der Waals surface area contributed by atoms with Gasteiger partial charge in [0.25, 0.3) is 0 Å². The van der Waals surface area contributed by atoms with Gasteiger partial charge in [0.2, 0.25) is 11.9 Å². The predicted molar refractivity (Wildman–Crippen MR) is 169 cm³/mol. The summed E-state index contributed by atoms with van der Waals surface area (Å²) < 4.78 is 0. The number of aromatic nitrogens is 6. The van der Waals surface area contributed by atoms with Crippen molar-refractivity contribution in [1.82, 2.24) is 30.4 Å². The molecule has 0 amide bonds. The average molecular weight is 553 g/mol. The van der Waals surface area contributed by atoms with Crippen LogP contribution in [0.2, 0.25) is 0 Å². The predicted octanol–water partition coefficient (Wildman–Crippen LogP) is 6.81. The zero-order valence-electron chi connectivity index (χ0n) is 24.1. The highest BCUT2D eigenvalue weighted by Crippen LogP contribution is 2.31. The second-order valence-corrected chi connectivity index (χ2v) is 10.1. The Morgan fingerprint density at radius 1 is 0.381 bits per heavy atom. The van der Waals surface area contributed by atoms with Gasteiger partial charge in [0.15, 0.2) is 0 Å². The van der Waals surface area contributed by atoms with Crippen molar-refractivity contribution in [3.8, 4) is 45.0 Å². The molecule has 42 heavy (non-hydrogen) atoms. The van der Waals surface area contributed by atoms with Crippen molar-refractivity contribution in [2.45, 2.75) is 27.7 Å². The van der Waals surface area contributed by atoms with Crippen LogP contribution in [0.3, 0.4) is 0 Å². The highest BCUT2D eigenvalue weighted by Gasteiger charge is 2.14. The van der Waals surface area contributed by atoms with Crippen LogP contribution in [0.25, 0.3) is 45.0 Å². The lowest BCUT2D eigenvalue weighted by Gasteiger charge is -2.09. The SMILES string of the molecule is Cc1ccc(-c2nnc(N)nc2-c2ccccc2)cc1C.Cc1ccc(-c2nnc(N)nc2-c2ccccc2)cc1C. The van der Waals surface area contributed by atoms with E-state index >= 15 is 0 Å². The van der Waals surface area contributed by atoms with E-state index in [0.717, 1.165) is 45.0 Å². The molecule has 8 nitrogen and oxygen atoms in total. The molecule has 6 aromatic rings. The molecule has 4 N–H and O–H groups in total. The first-order valence-corrected chi connectivity index (χ1v) is 13.6. The number of benzene rings is 4. The quantitative estimate of drug-likeness (QED) is 0.244. The van der Waals surface area contributed by atoms with Crippen LogP contribution < -0.4 is 11.5 Å². The Bertz CT molecular complexity index is 1700. The molecule has 208 valence electrons. The molecule has 0 unspecified atom stereocenters. The lowest BCUT2D eigenvalue weighted by atomic mass is 10.0. The molecule has 0 fully saturated rings. The van der Waals surface area contributed by atoms with Crippen LogP contribution >= 0.6 is 0 Å². The standard InChI is InChI=1S/2C17H16N4/c2*1-11-8-9-14(10-12(11)2)16-15(19-17(18)21-20-16)13-6-4-3-5-7-13/h2*3-10H,1-2H3,(H2,18,19,21). The normalized spacial score (nSPS) is 10.6. The Hall–Kier alpha value is -5.50. The summed E-state index contributed by atoms with van der Waals surface area (Å²) in [5.74, 6) is 0.364. The molecule has 0 aliphatic heterocycles. The first-order valence-electron chi connectivity index (χ1n) is 13.6. The number of nitrogens with zero attached hydrogens (tertiary/aromatic N) is 6. The summed E-state index contributed by atoms with van der Waals surface area (Å²) in [6.45, 7) is 8.34. The third kappa shape index (κ3) is 6.28. The van der Waals surface area contributed by atoms with E-state index in [1.807, 2.05) is 72.8 Å². The fourth-order valence-electron chi connectivity index (χ4n) is 4.44. The number of hydrogen-bond acceptors (Lipinski definition) is 8. The summed E-state index contributed by atoms with van der Waals surface area (Å²) in [6, 6.07) is 32.2. The van der Waals surface area contributed by atoms with Gasteiger partial charge in [-0.25, -0.2) is 9.97 Å². The summed E-state index contributed by atoms with van der Waals surface area (Å²) in [5.41, 5.74) is 23.3. The lowest BCUT2D eigenvalue weighted by molar-refractivity contribution is 0.997. The molecule has 2 aromatic heterocycles. The molecular formula is C34H32N8. The molecule has 2 heterocycles. The number of rotatable bonds is 4. The van der Waals surface area contributed by atoms with E-state index in [4.69, 9.17) is 11.5 Å². The minimum absolute atomic E-state index is 0.182. The van der Waals surface area contributed by atoms with Crippen LogP contribution in [-0.4, -0.2) is 30.4 Å². The Kier molecular flexibility index (Phi) is 8.24. The third-order valence-corrected chi connectivity index (χ3v) is 7.06. The minimum atomic E-state index is 0.182. The third-order valence-electron chi connectivity index (χ3n) is 7.06. The molecule has 6 rings (SSSR count). The van der Waals surface area contributed by atoms with Crippen LogP contribution in [0.4, 0.5) is 11.9 Å². The second kappa shape index (κ2) is 12.3. The Labute approximate surface area is 245 Å². The van der Waals surface area contributed by atoms with Crippen LogP contribution in [0.5, 0.6) is 0 Å². The Morgan fingerprint density at radius 2 is 0.762 bits per heavy atom. The zero-order chi connectivity index (χ0) is 29.6. The van der Waals surface area contributed by atoms with Crippen LogP contribution in [-0.2, 0) is 0 Å². The van der Waals surface area contributed by atoms with Crippen molar-refractivity contribution in [2.24, 2.45) is 0 Å². The monoisotopic (exact) mass is 552 g/mol. The fourth-order valence-corrected chi connectivity index (χ4v) is 4.44. The lowest BCUT2D eigenvalue weighted by Crippen LogP contribution is -2.02. The van der Waals surface area contributed by atoms with E-state index in [0.29, 0.717) is 0 Å². The molecule has 0 radical (unpaired) electrons. The van der Waals surface area contributed by atoms with Crippen molar-refractivity contribution < 1.29 is 0 Å². The van der Waals surface area contributed by atoms with Crippen LogP contribution in [0.15, 0.2) is 97.1 Å². The van der Waals surface area contributed by atoms with Crippen molar-refractivity contribution in [3.63, 3.8) is 0 Å². The van der Waals surface area contributed by atoms with E-state index < -0.39 is 0 Å². The zero-order valence-corrected chi connectivity index (χ0v) is 24.1. The van der Waals surface area contributed by atoms with Gasteiger partial charge >= 0.3 is 0 Å². The molecule has 0 bridgehead atoms. The van der Waals surface area contributed by atoms with Crippen molar-refractivity contribution in [2.75, 3.05) is 11.5 Å². The van der Waals surface area contributed by atoms with E-state index in [-0.39, 0.29) is 11.9 Å². The molecule has 0 atom stereocenters. The Morgan fingerprint density at radius 3 is 1.12 bits per heavy atom. The maximum absolute atomic E-state index is 5.71. The second-order valence-electron chi connectivity index (χ2n) is 10.1. The molecule has 8 heteroatoms. The van der Waals surface area contributed by atoms with Crippen molar-refractivity contribution in [3.05, 3.63) is 119 Å². The molecule has 0 aliphatic carbocycles. The van der Waals surface area contributed by atoms with E-state index in [1.165, 1.54) is 22.3 Å². The molecule has 0 saturated carbocycles. The van der Waals surface area contributed by atoms with Gasteiger partial charge in [-0.2, -0.15) is 0 Å². The van der Waals surface area contributed by atoms with E-state index in [2.05, 4.69) is 82.3 Å². The number of nitrogens with two attached hydrogens (primary N) is 2. The van der Waals surface area contributed by atoms with E-state index in [9.17, 15) is 0 Å². The highest BCUT2D eigenvalue weighted by atomic mass is 15.2. The van der Waals surface area contributed by atoms with Gasteiger partial charge in [0.1, 0.15) is 22.8 Å². The van der Waals surface area contributed by atoms with Crippen molar-refractivity contribution >= 4 is 11.9 Å². The first kappa shape index (κ1) is 28.0. The Balaban J connectivity index is 0.000000168. The largest absolute Gasteiger partial charge is 0.366 e. The molecule has 0 saturated heterocycles. The van der Waals surface area contributed by atoms with Gasteiger partial charge in [-0.3, -0.25) is 0 Å². The van der Waals surface area contributed by atoms with Gasteiger partial charge < -0.3 is 11.5 Å². The van der Waals surface area contributed by atoms with Crippen molar-refractivity contribution in [1.29, 1.82) is 0 Å². The summed E-state index contributed by atoms with van der Waals surface area (Å²) in [7, 11) is 0. The number of nitrogen functional groups attached to an aromatic ring is 2. The summed E-state index contributed by atoms with van der Waals surface area (Å²) >= 11 is 0. The molecular weight excluding hydrogens is 520 g/mol. The molecule has 4 aromatic carbocycles. The molecule has 0 spiro atoms. The van der Waals surface area contributed by atoms with Gasteiger partial charge in [-0.1, -0.05) is 84.9 Å². The van der Waals surface area contributed by atoms with Gasteiger partial charge in [0, 0.05) is 22.3 Å². The summed E-state index contributed by atoms with van der Waals surface area (Å²) in [4.78, 5) is 8.75. The number of hydrogen-bond donors (Lipinski definition) is 2. The number of aryl methyl sites for hydroxylation is 4. The summed E-state index contributed by atoms with van der Waals surface area (Å²) in [6.07, 6.45) is 0. The van der Waals surface area contributed by atoms with Gasteiger partial charge in [0.05, 0.1) is 0 Å². The fraction of sp³-hybridized carbons (Fsp3) is 0.118. The van der Waals surface area contributed by atoms with Crippen LogP contribution in [0.1, 0.15) is 22.3 Å². The topological polar surface area (TPSA) is 129 Å². The summed E-state index contributed by atoms with van der Waals surface area (Å²) in [5, 5.41) is 16.3. The number of anilines is 2. The smallest absolute Gasteiger partial charge is 0.240 e. The maximum atomic E-state index is 5.71. The molecule has 0 aliphatic rings. The van der Waals surface area contributed by atoms with Crippen LogP contribution in [0, 0.1) is 27.7 Å². The highest BCUT2D eigenvalue weighted by molar-refractivity contribution is 5.79. The minimum Gasteiger partial charge on any atom is -0.366 e. The van der Waals surface area contributed by atoms with E-state index in [1.54, 1.807) is 0 Å². The maximum Gasteiger partial charge on any atom is 0.240 e. The van der Waals surface area contributed by atoms with Gasteiger partial charge in [-0.05, 0) is 62.1 Å². The average Bonchev–Trinajstić information content (AvgIpc) is 3.01.